The maximum absolute atomic E-state index is 12.7. The average Bonchev–Trinajstić information content (AvgIpc) is 2.79. The van der Waals surface area contributed by atoms with Crippen molar-refractivity contribution in [2.45, 2.75) is 37.9 Å². The quantitative estimate of drug-likeness (QED) is 0.522. The molecule has 1 aliphatic rings. The fraction of sp³-hybridized carbons (Fsp3) is 0.292. The van der Waals surface area contributed by atoms with E-state index in [2.05, 4.69) is 16.0 Å². The van der Waals surface area contributed by atoms with Gasteiger partial charge in [-0.2, -0.15) is 0 Å². The van der Waals surface area contributed by atoms with E-state index in [9.17, 15) is 14.4 Å². The van der Waals surface area contributed by atoms with E-state index in [1.165, 1.54) is 0 Å². The van der Waals surface area contributed by atoms with Gasteiger partial charge >= 0.3 is 12.0 Å². The fourth-order valence-electron chi connectivity index (χ4n) is 3.21. The van der Waals surface area contributed by atoms with Crippen LogP contribution in [0.1, 0.15) is 36.4 Å². The van der Waals surface area contributed by atoms with E-state index in [1.54, 1.807) is 6.08 Å². The molecule has 0 unspecified atom stereocenters. The van der Waals surface area contributed by atoms with Crippen LogP contribution in [-0.2, 0) is 20.9 Å². The standard InChI is InChI=1S/C24H27N3O4/c28-22-15-9-3-8-14-20(27-24(30)25-16-18-10-4-1-5-11-18)23(29)31-17-21(26-22)19-12-6-2-7-13-19/h1-8,10-13,20-21H,9,14-17H2,(H,26,28)(H2,25,27,30)/b8-3+/t20-,21+/m1/s1. The zero-order valence-corrected chi connectivity index (χ0v) is 17.3. The zero-order valence-electron chi connectivity index (χ0n) is 17.3. The Bertz CT molecular complexity index is 900. The van der Waals surface area contributed by atoms with Gasteiger partial charge in [0.1, 0.15) is 12.6 Å². The van der Waals surface area contributed by atoms with Crippen LogP contribution >= 0.6 is 0 Å². The van der Waals surface area contributed by atoms with E-state index in [0.29, 0.717) is 19.4 Å². The van der Waals surface area contributed by atoms with Crippen molar-refractivity contribution in [1.82, 2.24) is 16.0 Å². The second-order valence-electron chi connectivity index (χ2n) is 7.27. The number of carbonyl (C=O) groups excluding carboxylic acids is 3. The smallest absolute Gasteiger partial charge is 0.329 e. The second kappa shape index (κ2) is 11.5. The van der Waals surface area contributed by atoms with Gasteiger partial charge in [0.15, 0.2) is 0 Å². The van der Waals surface area contributed by atoms with Crippen LogP contribution in [0.5, 0.6) is 0 Å². The molecule has 1 heterocycles. The van der Waals surface area contributed by atoms with Gasteiger partial charge in [0.25, 0.3) is 0 Å². The summed E-state index contributed by atoms with van der Waals surface area (Å²) in [6, 6.07) is 17.1. The average molecular weight is 421 g/mol. The molecule has 7 heteroatoms. The molecule has 3 rings (SSSR count). The van der Waals surface area contributed by atoms with Gasteiger partial charge in [0.05, 0.1) is 6.04 Å². The van der Waals surface area contributed by atoms with Crippen molar-refractivity contribution in [3.63, 3.8) is 0 Å². The summed E-state index contributed by atoms with van der Waals surface area (Å²) in [6.45, 7) is 0.342. The normalized spacial score (nSPS) is 20.9. The third-order valence-corrected chi connectivity index (χ3v) is 4.89. The molecule has 162 valence electrons. The lowest BCUT2D eigenvalue weighted by atomic mass is 10.1. The SMILES string of the molecule is O=C1CC/C=C/C[C@@H](NC(=O)NCc2ccccc2)C(=O)OC[C@@H](c2ccccc2)N1. The molecule has 7 nitrogen and oxygen atoms in total. The van der Waals surface area contributed by atoms with E-state index in [4.69, 9.17) is 4.74 Å². The van der Waals surface area contributed by atoms with Gasteiger partial charge in [0, 0.05) is 13.0 Å². The Labute approximate surface area is 181 Å². The number of hydrogen-bond acceptors (Lipinski definition) is 4. The molecule has 0 bridgehead atoms. The van der Waals surface area contributed by atoms with E-state index in [-0.39, 0.29) is 18.9 Å². The fourth-order valence-corrected chi connectivity index (χ4v) is 3.21. The molecule has 0 aromatic heterocycles. The molecule has 0 saturated heterocycles. The van der Waals surface area contributed by atoms with Crippen LogP contribution in [-0.4, -0.2) is 30.6 Å². The summed E-state index contributed by atoms with van der Waals surface area (Å²) in [4.78, 5) is 37.2. The monoisotopic (exact) mass is 421 g/mol. The lowest BCUT2D eigenvalue weighted by Gasteiger charge is -2.22. The molecular weight excluding hydrogens is 394 g/mol. The summed E-state index contributed by atoms with van der Waals surface area (Å²) in [5.74, 6) is -0.652. The molecule has 0 aliphatic carbocycles. The van der Waals surface area contributed by atoms with Crippen molar-refractivity contribution >= 4 is 17.9 Å². The highest BCUT2D eigenvalue weighted by molar-refractivity contribution is 5.84. The van der Waals surface area contributed by atoms with Crippen molar-refractivity contribution in [3.05, 3.63) is 83.9 Å². The van der Waals surface area contributed by atoms with Gasteiger partial charge < -0.3 is 20.7 Å². The second-order valence-corrected chi connectivity index (χ2v) is 7.27. The minimum atomic E-state index is -0.821. The first kappa shape index (κ1) is 22.1. The van der Waals surface area contributed by atoms with Crippen molar-refractivity contribution in [2.24, 2.45) is 0 Å². The molecule has 31 heavy (non-hydrogen) atoms. The van der Waals surface area contributed by atoms with Crippen molar-refractivity contribution in [3.8, 4) is 0 Å². The molecule has 0 spiro atoms. The number of rotatable bonds is 4. The number of ether oxygens (including phenoxy) is 1. The Kier molecular flexibility index (Phi) is 8.22. The summed E-state index contributed by atoms with van der Waals surface area (Å²) < 4.78 is 5.48. The minimum Gasteiger partial charge on any atom is -0.462 e. The highest BCUT2D eigenvalue weighted by atomic mass is 16.5. The molecule has 3 amide bonds. The minimum absolute atomic E-state index is 0.0118. The van der Waals surface area contributed by atoms with Crippen LogP contribution < -0.4 is 16.0 Å². The van der Waals surface area contributed by atoms with Crippen LogP contribution in [0.4, 0.5) is 4.79 Å². The Morgan fingerprint density at radius 3 is 2.45 bits per heavy atom. The van der Waals surface area contributed by atoms with E-state index >= 15 is 0 Å². The predicted octanol–water partition coefficient (Wildman–Crippen LogP) is 3.00. The van der Waals surface area contributed by atoms with Gasteiger partial charge in [-0.3, -0.25) is 4.79 Å². The number of urea groups is 1. The van der Waals surface area contributed by atoms with Gasteiger partial charge in [-0.25, -0.2) is 9.59 Å². The number of allylic oxidation sites excluding steroid dienone is 1. The van der Waals surface area contributed by atoms with E-state index in [0.717, 1.165) is 11.1 Å². The highest BCUT2D eigenvalue weighted by Gasteiger charge is 2.24. The van der Waals surface area contributed by atoms with Crippen LogP contribution in [0.3, 0.4) is 0 Å². The third-order valence-electron chi connectivity index (χ3n) is 4.89. The summed E-state index contributed by atoms with van der Waals surface area (Å²) >= 11 is 0. The Balaban J connectivity index is 1.63. The number of carbonyl (C=O) groups is 3. The summed E-state index contributed by atoms with van der Waals surface area (Å²) in [5.41, 5.74) is 1.81. The van der Waals surface area contributed by atoms with E-state index in [1.807, 2.05) is 66.7 Å². The van der Waals surface area contributed by atoms with Crippen molar-refractivity contribution in [1.29, 1.82) is 0 Å². The van der Waals surface area contributed by atoms with Gasteiger partial charge in [-0.05, 0) is 24.0 Å². The van der Waals surface area contributed by atoms with Crippen LogP contribution in [0.25, 0.3) is 0 Å². The molecule has 1 aliphatic heterocycles. The van der Waals surface area contributed by atoms with Crippen molar-refractivity contribution in [2.75, 3.05) is 6.61 Å². The van der Waals surface area contributed by atoms with Gasteiger partial charge in [0.2, 0.25) is 5.91 Å². The van der Waals surface area contributed by atoms with Gasteiger partial charge in [-0.15, -0.1) is 0 Å². The predicted molar refractivity (Wildman–Crippen MR) is 117 cm³/mol. The molecule has 3 N–H and O–H groups in total. The first-order chi connectivity index (χ1) is 15.1. The van der Waals surface area contributed by atoms with E-state index < -0.39 is 24.1 Å². The van der Waals surface area contributed by atoms with Crippen molar-refractivity contribution < 1.29 is 19.1 Å². The summed E-state index contributed by atoms with van der Waals surface area (Å²) in [5, 5.41) is 8.36. The molecule has 0 radical (unpaired) electrons. The molecule has 0 saturated carbocycles. The Hall–Kier alpha value is -3.61. The number of amides is 3. The summed E-state index contributed by atoms with van der Waals surface area (Å²) in [7, 11) is 0. The van der Waals surface area contributed by atoms with Crippen LogP contribution in [0.2, 0.25) is 0 Å². The topological polar surface area (TPSA) is 96.5 Å². The zero-order chi connectivity index (χ0) is 21.9. The molecule has 0 fully saturated rings. The Morgan fingerprint density at radius 1 is 1.00 bits per heavy atom. The maximum atomic E-state index is 12.7. The molecule has 2 atom stereocenters. The number of esters is 1. The number of benzene rings is 2. The lowest BCUT2D eigenvalue weighted by molar-refractivity contribution is -0.147. The first-order valence-electron chi connectivity index (χ1n) is 10.4. The first-order valence-corrected chi connectivity index (χ1v) is 10.4. The number of nitrogens with one attached hydrogen (secondary N) is 3. The largest absolute Gasteiger partial charge is 0.462 e. The Morgan fingerprint density at radius 2 is 1.71 bits per heavy atom. The van der Waals surface area contributed by atoms with Crippen LogP contribution in [0, 0.1) is 0 Å². The molecule has 2 aromatic carbocycles. The summed E-state index contributed by atoms with van der Waals surface area (Å²) in [6.07, 6.45) is 4.80. The molecular formula is C24H27N3O4. The number of cyclic esters (lactones) is 1. The molecule has 2 aromatic rings. The van der Waals surface area contributed by atoms with Gasteiger partial charge in [-0.1, -0.05) is 72.8 Å². The number of hydrogen-bond donors (Lipinski definition) is 3. The van der Waals surface area contributed by atoms with Crippen LogP contribution in [0.15, 0.2) is 72.8 Å². The highest BCUT2D eigenvalue weighted by Crippen LogP contribution is 2.15. The third kappa shape index (κ3) is 7.29. The maximum Gasteiger partial charge on any atom is 0.329 e. The lowest BCUT2D eigenvalue weighted by Crippen LogP contribution is -2.46.